The van der Waals surface area contributed by atoms with Gasteiger partial charge in [0.25, 0.3) is 0 Å². The van der Waals surface area contributed by atoms with Crippen LogP contribution in [-0.4, -0.2) is 69.0 Å². The van der Waals surface area contributed by atoms with Gasteiger partial charge in [0.2, 0.25) is 10.0 Å². The van der Waals surface area contributed by atoms with E-state index < -0.39 is 28.3 Å². The summed E-state index contributed by atoms with van der Waals surface area (Å²) in [7, 11) is -3.91. The summed E-state index contributed by atoms with van der Waals surface area (Å²) in [4.78, 5) is 12.7. The van der Waals surface area contributed by atoms with Crippen LogP contribution < -0.4 is 11.1 Å². The van der Waals surface area contributed by atoms with Crippen LogP contribution in [-0.2, 0) is 25.9 Å². The van der Waals surface area contributed by atoms with E-state index in [4.69, 9.17) is 15.2 Å². The molecule has 9 nitrogen and oxygen atoms in total. The first-order valence-corrected chi connectivity index (χ1v) is 13.5. The number of aliphatic hydroxyl groups excluding tert-OH is 1. The summed E-state index contributed by atoms with van der Waals surface area (Å²) in [5, 5.41) is 14.0. The highest BCUT2D eigenvalue weighted by Crippen LogP contribution is 2.26. The molecular formula is C26H37N3O6S. The van der Waals surface area contributed by atoms with Crippen LogP contribution in [0.4, 0.5) is 10.5 Å². The molecule has 1 heterocycles. The average Bonchev–Trinajstić information content (AvgIpc) is 2.81. The van der Waals surface area contributed by atoms with Crippen molar-refractivity contribution in [3.8, 4) is 0 Å². The highest BCUT2D eigenvalue weighted by molar-refractivity contribution is 7.89. The topological polar surface area (TPSA) is 131 Å². The third kappa shape index (κ3) is 7.67. The third-order valence-corrected chi connectivity index (χ3v) is 7.84. The Labute approximate surface area is 213 Å². The number of nitrogens with one attached hydrogen (secondary N) is 1. The second-order valence-corrected chi connectivity index (χ2v) is 12.1. The highest BCUT2D eigenvalue weighted by Gasteiger charge is 2.36. The van der Waals surface area contributed by atoms with Gasteiger partial charge < -0.3 is 25.6 Å². The third-order valence-electron chi connectivity index (χ3n) is 6.00. The SMILES string of the molecule is CC(C)CN(C[C@@H](O)[C@H](Cc1ccccc1)NC(=O)OCC1(C)COC1)S(=O)(=O)c1ccc(N)cc1. The van der Waals surface area contributed by atoms with Crippen LogP contribution in [0.2, 0.25) is 0 Å². The first kappa shape index (κ1) is 27.9. The van der Waals surface area contributed by atoms with Crippen LogP contribution >= 0.6 is 0 Å². The Morgan fingerprint density at radius 2 is 1.78 bits per heavy atom. The predicted octanol–water partition coefficient (Wildman–Crippen LogP) is 2.65. The lowest BCUT2D eigenvalue weighted by atomic mass is 9.90. The summed E-state index contributed by atoms with van der Waals surface area (Å²) in [5.41, 5.74) is 6.85. The monoisotopic (exact) mass is 519 g/mol. The van der Waals surface area contributed by atoms with Crippen molar-refractivity contribution in [3.05, 3.63) is 60.2 Å². The normalized spacial score (nSPS) is 16.8. The van der Waals surface area contributed by atoms with Gasteiger partial charge in [-0.05, 0) is 42.2 Å². The number of nitrogens with zero attached hydrogens (tertiary/aromatic N) is 1. The fourth-order valence-corrected chi connectivity index (χ4v) is 5.54. The van der Waals surface area contributed by atoms with Crippen molar-refractivity contribution in [1.29, 1.82) is 0 Å². The maximum absolute atomic E-state index is 13.4. The largest absolute Gasteiger partial charge is 0.449 e. The van der Waals surface area contributed by atoms with Crippen molar-refractivity contribution >= 4 is 21.8 Å². The van der Waals surface area contributed by atoms with Crippen LogP contribution in [0.1, 0.15) is 26.3 Å². The molecule has 1 fully saturated rings. The minimum atomic E-state index is -3.91. The molecule has 1 amide bonds. The molecule has 2 aromatic carbocycles. The number of ether oxygens (including phenoxy) is 2. The molecule has 10 heteroatoms. The van der Waals surface area contributed by atoms with Crippen molar-refractivity contribution in [1.82, 2.24) is 9.62 Å². The number of nitrogen functional groups attached to an aromatic ring is 1. The Hall–Kier alpha value is -2.66. The Bertz CT molecular complexity index is 1090. The summed E-state index contributed by atoms with van der Waals surface area (Å²) < 4.78 is 38.7. The number of rotatable bonds is 12. The van der Waals surface area contributed by atoms with E-state index in [0.717, 1.165) is 5.56 Å². The van der Waals surface area contributed by atoms with E-state index in [1.807, 2.05) is 51.1 Å². The van der Waals surface area contributed by atoms with E-state index in [2.05, 4.69) is 5.32 Å². The first-order valence-electron chi connectivity index (χ1n) is 12.1. The molecule has 1 aliphatic heterocycles. The molecule has 2 atom stereocenters. The van der Waals surface area contributed by atoms with Crippen molar-refractivity contribution in [2.75, 3.05) is 38.6 Å². The van der Waals surface area contributed by atoms with E-state index in [1.54, 1.807) is 0 Å². The Morgan fingerprint density at radius 1 is 1.14 bits per heavy atom. The molecule has 198 valence electrons. The van der Waals surface area contributed by atoms with E-state index in [0.29, 0.717) is 25.3 Å². The van der Waals surface area contributed by atoms with Gasteiger partial charge in [-0.25, -0.2) is 13.2 Å². The number of aliphatic hydroxyl groups is 1. The Morgan fingerprint density at radius 3 is 2.33 bits per heavy atom. The molecule has 0 bridgehead atoms. The molecule has 0 aliphatic carbocycles. The summed E-state index contributed by atoms with van der Waals surface area (Å²) in [6.45, 7) is 7.00. The Balaban J connectivity index is 1.78. The molecule has 1 aliphatic rings. The number of benzene rings is 2. The van der Waals surface area contributed by atoms with Crippen molar-refractivity contribution in [2.24, 2.45) is 11.3 Å². The van der Waals surface area contributed by atoms with Gasteiger partial charge >= 0.3 is 6.09 Å². The summed E-state index contributed by atoms with van der Waals surface area (Å²) >= 11 is 0. The first-order chi connectivity index (χ1) is 17.0. The number of anilines is 1. The zero-order valence-corrected chi connectivity index (χ0v) is 21.9. The average molecular weight is 520 g/mol. The number of hydrogen-bond acceptors (Lipinski definition) is 7. The van der Waals surface area contributed by atoms with Crippen LogP contribution in [0.15, 0.2) is 59.5 Å². The van der Waals surface area contributed by atoms with Crippen molar-refractivity contribution in [2.45, 2.75) is 44.2 Å². The van der Waals surface area contributed by atoms with Crippen LogP contribution in [0, 0.1) is 11.3 Å². The fraction of sp³-hybridized carbons (Fsp3) is 0.500. The number of nitrogens with two attached hydrogens (primary N) is 1. The van der Waals surface area contributed by atoms with Crippen LogP contribution in [0.25, 0.3) is 0 Å². The number of amides is 1. The molecule has 0 spiro atoms. The molecule has 3 rings (SSSR count). The van der Waals surface area contributed by atoms with Crippen LogP contribution in [0.5, 0.6) is 0 Å². The van der Waals surface area contributed by atoms with E-state index in [9.17, 15) is 18.3 Å². The lowest BCUT2D eigenvalue weighted by molar-refractivity contribution is -0.126. The molecule has 0 aromatic heterocycles. The van der Waals surface area contributed by atoms with E-state index in [1.165, 1.54) is 28.6 Å². The van der Waals surface area contributed by atoms with Gasteiger partial charge in [0.1, 0.15) is 6.61 Å². The summed E-state index contributed by atoms with van der Waals surface area (Å²) in [5.74, 6) is 0.0108. The lowest BCUT2D eigenvalue weighted by Crippen LogP contribution is -2.52. The quantitative estimate of drug-likeness (QED) is 0.367. The molecule has 0 radical (unpaired) electrons. The van der Waals surface area contributed by atoms with Gasteiger partial charge in [0.05, 0.1) is 30.3 Å². The Kier molecular flexibility index (Phi) is 9.35. The predicted molar refractivity (Wildman–Crippen MR) is 138 cm³/mol. The summed E-state index contributed by atoms with van der Waals surface area (Å²) in [6, 6.07) is 14.6. The van der Waals surface area contributed by atoms with E-state index >= 15 is 0 Å². The van der Waals surface area contributed by atoms with Crippen molar-refractivity contribution < 1.29 is 27.8 Å². The smallest absolute Gasteiger partial charge is 0.407 e. The van der Waals surface area contributed by atoms with Gasteiger partial charge in [-0.2, -0.15) is 4.31 Å². The van der Waals surface area contributed by atoms with Gasteiger partial charge in [-0.3, -0.25) is 0 Å². The zero-order chi connectivity index (χ0) is 26.3. The van der Waals surface area contributed by atoms with Crippen molar-refractivity contribution in [3.63, 3.8) is 0 Å². The highest BCUT2D eigenvalue weighted by atomic mass is 32.2. The summed E-state index contributed by atoms with van der Waals surface area (Å²) in [6.07, 6.45) is -1.56. The second-order valence-electron chi connectivity index (χ2n) is 10.2. The van der Waals surface area contributed by atoms with Gasteiger partial charge in [-0.15, -0.1) is 0 Å². The van der Waals surface area contributed by atoms with E-state index in [-0.39, 0.29) is 35.9 Å². The molecule has 0 unspecified atom stereocenters. The number of sulfonamides is 1. The van der Waals surface area contributed by atoms with Gasteiger partial charge in [0, 0.05) is 24.2 Å². The number of carbonyl (C=O) groups excluding carboxylic acids is 1. The number of alkyl carbamates (subject to hydrolysis) is 1. The standard InChI is InChI=1S/C26H37N3O6S/c1-19(2)14-29(36(32,33)22-11-9-21(27)10-12-22)15-24(30)23(13-20-7-5-4-6-8-20)28-25(31)35-18-26(3)16-34-17-26/h4-12,19,23-24,30H,13-18,27H2,1-3H3,(H,28,31)/t23-,24+/m0/s1. The maximum Gasteiger partial charge on any atom is 0.407 e. The molecule has 1 saturated heterocycles. The lowest BCUT2D eigenvalue weighted by Gasteiger charge is -2.37. The molecule has 4 N–H and O–H groups in total. The second kappa shape index (κ2) is 12.1. The maximum atomic E-state index is 13.4. The number of carbonyl (C=O) groups is 1. The molecule has 0 saturated carbocycles. The van der Waals surface area contributed by atoms with Crippen LogP contribution in [0.3, 0.4) is 0 Å². The minimum absolute atomic E-state index is 0.0108. The zero-order valence-electron chi connectivity index (χ0n) is 21.1. The minimum Gasteiger partial charge on any atom is -0.449 e. The molecule has 36 heavy (non-hydrogen) atoms. The van der Waals surface area contributed by atoms with Gasteiger partial charge in [-0.1, -0.05) is 51.1 Å². The fourth-order valence-electron chi connectivity index (χ4n) is 3.92. The van der Waals surface area contributed by atoms with Gasteiger partial charge in [0.15, 0.2) is 0 Å². The molecular weight excluding hydrogens is 482 g/mol. The molecule has 2 aromatic rings. The number of hydrogen-bond donors (Lipinski definition) is 3.